The van der Waals surface area contributed by atoms with Crippen molar-refractivity contribution in [2.24, 2.45) is 0 Å². The molecule has 0 fully saturated rings. The molecule has 0 bridgehead atoms. The molecule has 0 radical (unpaired) electrons. The van der Waals surface area contributed by atoms with Crippen LogP contribution in [-0.2, 0) is 11.2 Å². The fraction of sp³-hybridized carbons (Fsp3) is 0.217. The molecular weight excluding hydrogens is 426 g/mol. The number of ether oxygens (including phenoxy) is 2. The largest absolute Gasteiger partial charge is 0.493 e. The van der Waals surface area contributed by atoms with Gasteiger partial charge >= 0.3 is 0 Å². The molecule has 0 atom stereocenters. The second kappa shape index (κ2) is 9.69. The van der Waals surface area contributed by atoms with Crippen LogP contribution < -0.4 is 14.8 Å². The van der Waals surface area contributed by atoms with Crippen molar-refractivity contribution < 1.29 is 14.3 Å². The van der Waals surface area contributed by atoms with Crippen molar-refractivity contribution in [1.82, 2.24) is 19.8 Å². The number of hydrogen-bond donors (Lipinski definition) is 1. The van der Waals surface area contributed by atoms with E-state index < -0.39 is 0 Å². The van der Waals surface area contributed by atoms with Crippen LogP contribution in [0.3, 0.4) is 0 Å². The third-order valence-electron chi connectivity index (χ3n) is 4.89. The fourth-order valence-electron chi connectivity index (χ4n) is 3.16. The summed E-state index contributed by atoms with van der Waals surface area (Å²) in [7, 11) is 3.19. The lowest BCUT2D eigenvalue weighted by Gasteiger charge is -2.09. The lowest BCUT2D eigenvalue weighted by atomic mass is 10.1. The van der Waals surface area contributed by atoms with E-state index in [9.17, 15) is 4.79 Å². The van der Waals surface area contributed by atoms with Gasteiger partial charge in [-0.05, 0) is 54.4 Å². The highest BCUT2D eigenvalue weighted by atomic mass is 32.2. The number of aromatic nitrogens is 4. The summed E-state index contributed by atoms with van der Waals surface area (Å²) in [6.07, 6.45) is 0.961. The van der Waals surface area contributed by atoms with Gasteiger partial charge in [0.15, 0.2) is 17.1 Å². The molecule has 32 heavy (non-hydrogen) atoms. The van der Waals surface area contributed by atoms with E-state index in [0.717, 1.165) is 23.4 Å². The van der Waals surface area contributed by atoms with Crippen LogP contribution in [0, 0.1) is 0 Å². The minimum absolute atomic E-state index is 0.118. The van der Waals surface area contributed by atoms with Crippen LogP contribution in [0.4, 0.5) is 5.69 Å². The van der Waals surface area contributed by atoms with Crippen molar-refractivity contribution >= 4 is 29.0 Å². The monoisotopic (exact) mass is 449 g/mol. The summed E-state index contributed by atoms with van der Waals surface area (Å²) in [6, 6.07) is 17.1. The molecule has 4 rings (SSSR count). The van der Waals surface area contributed by atoms with E-state index in [1.54, 1.807) is 18.7 Å². The van der Waals surface area contributed by atoms with Crippen molar-refractivity contribution in [3.05, 3.63) is 60.2 Å². The molecule has 0 aliphatic carbocycles. The van der Waals surface area contributed by atoms with Crippen LogP contribution in [-0.4, -0.2) is 45.7 Å². The number of rotatable bonds is 8. The molecule has 2 heterocycles. The van der Waals surface area contributed by atoms with Crippen molar-refractivity contribution in [2.45, 2.75) is 18.5 Å². The number of aryl methyl sites for hydroxylation is 1. The highest BCUT2D eigenvalue weighted by Crippen LogP contribution is 2.31. The normalized spacial score (nSPS) is 10.8. The van der Waals surface area contributed by atoms with E-state index in [2.05, 4.69) is 27.5 Å². The first-order valence-corrected chi connectivity index (χ1v) is 11.1. The minimum atomic E-state index is -0.118. The van der Waals surface area contributed by atoms with Gasteiger partial charge in [-0.1, -0.05) is 30.8 Å². The van der Waals surface area contributed by atoms with Crippen LogP contribution in [0.5, 0.6) is 11.5 Å². The van der Waals surface area contributed by atoms with Gasteiger partial charge in [-0.2, -0.15) is 9.61 Å². The van der Waals surface area contributed by atoms with Crippen molar-refractivity contribution in [2.75, 3.05) is 25.3 Å². The molecule has 0 spiro atoms. The van der Waals surface area contributed by atoms with Gasteiger partial charge in [-0.25, -0.2) is 0 Å². The predicted octanol–water partition coefficient (Wildman–Crippen LogP) is 4.10. The van der Waals surface area contributed by atoms with Crippen molar-refractivity contribution in [3.8, 4) is 22.8 Å². The number of carbonyl (C=O) groups excluding carboxylic acids is 1. The zero-order valence-electron chi connectivity index (χ0n) is 18.0. The lowest BCUT2D eigenvalue weighted by molar-refractivity contribution is -0.113. The Morgan fingerprint density at radius 2 is 1.78 bits per heavy atom. The van der Waals surface area contributed by atoms with Crippen LogP contribution in [0.15, 0.2) is 59.8 Å². The Hall–Kier alpha value is -3.59. The average Bonchev–Trinajstić information content (AvgIpc) is 3.25. The zero-order valence-corrected chi connectivity index (χ0v) is 18.8. The van der Waals surface area contributed by atoms with Gasteiger partial charge in [0, 0.05) is 11.3 Å². The summed E-state index contributed by atoms with van der Waals surface area (Å²) in [4.78, 5) is 12.4. The summed E-state index contributed by atoms with van der Waals surface area (Å²) in [5, 5.41) is 16.4. The molecule has 1 amide bonds. The molecule has 164 valence electrons. The topological polar surface area (TPSA) is 90.6 Å². The quantitative estimate of drug-likeness (QED) is 0.405. The summed E-state index contributed by atoms with van der Waals surface area (Å²) in [5.41, 5.74) is 4.19. The Morgan fingerprint density at radius 3 is 2.50 bits per heavy atom. The van der Waals surface area contributed by atoms with Crippen LogP contribution in [0.25, 0.3) is 16.9 Å². The van der Waals surface area contributed by atoms with Gasteiger partial charge in [0.05, 0.1) is 25.7 Å². The third-order valence-corrected chi connectivity index (χ3v) is 5.81. The molecule has 0 aliphatic heterocycles. The third kappa shape index (κ3) is 4.67. The van der Waals surface area contributed by atoms with E-state index in [0.29, 0.717) is 22.3 Å². The van der Waals surface area contributed by atoms with E-state index in [4.69, 9.17) is 9.47 Å². The molecular formula is C23H23N5O3S. The number of benzene rings is 2. The first kappa shape index (κ1) is 21.6. The molecule has 0 saturated carbocycles. The molecule has 1 N–H and O–H groups in total. The Balaban J connectivity index is 1.49. The zero-order chi connectivity index (χ0) is 22.5. The van der Waals surface area contributed by atoms with Gasteiger partial charge in [0.2, 0.25) is 11.1 Å². The van der Waals surface area contributed by atoms with Crippen molar-refractivity contribution in [3.63, 3.8) is 0 Å². The number of carbonyl (C=O) groups is 1. The van der Waals surface area contributed by atoms with E-state index >= 15 is 0 Å². The first-order chi connectivity index (χ1) is 15.6. The van der Waals surface area contributed by atoms with Crippen LogP contribution in [0.2, 0.25) is 0 Å². The molecule has 8 nitrogen and oxygen atoms in total. The van der Waals surface area contributed by atoms with Gasteiger partial charge in [0.25, 0.3) is 0 Å². The summed E-state index contributed by atoms with van der Waals surface area (Å²) < 4.78 is 12.3. The maximum Gasteiger partial charge on any atom is 0.234 e. The van der Waals surface area contributed by atoms with Crippen LogP contribution >= 0.6 is 11.8 Å². The van der Waals surface area contributed by atoms with E-state index in [1.807, 2.05) is 54.6 Å². The number of anilines is 1. The Labute approximate surface area is 190 Å². The van der Waals surface area contributed by atoms with Crippen LogP contribution in [0.1, 0.15) is 12.5 Å². The Bertz CT molecular complexity index is 1240. The van der Waals surface area contributed by atoms with Gasteiger partial charge in [-0.15, -0.1) is 10.2 Å². The summed E-state index contributed by atoms with van der Waals surface area (Å²) in [6.45, 7) is 2.09. The highest BCUT2D eigenvalue weighted by Gasteiger charge is 2.13. The van der Waals surface area contributed by atoms with Crippen molar-refractivity contribution in [1.29, 1.82) is 0 Å². The van der Waals surface area contributed by atoms with Gasteiger partial charge in [-0.3, -0.25) is 4.79 Å². The maximum absolute atomic E-state index is 12.4. The Morgan fingerprint density at radius 1 is 1.00 bits per heavy atom. The fourth-order valence-corrected chi connectivity index (χ4v) is 3.85. The summed E-state index contributed by atoms with van der Waals surface area (Å²) >= 11 is 1.28. The lowest BCUT2D eigenvalue weighted by Crippen LogP contribution is -2.14. The molecule has 0 aliphatic rings. The predicted molar refractivity (Wildman–Crippen MR) is 124 cm³/mol. The molecule has 0 unspecified atom stereocenters. The van der Waals surface area contributed by atoms with Gasteiger partial charge < -0.3 is 14.8 Å². The number of nitrogens with zero attached hydrogens (tertiary/aromatic N) is 4. The molecule has 0 saturated heterocycles. The standard InChI is InChI=1S/C23H23N5O3S/c1-4-15-5-8-17(9-6-15)24-22(29)14-32-23-26-25-21-12-10-18(27-28(21)23)16-7-11-19(30-2)20(13-16)31-3/h5-13H,4,14H2,1-3H3,(H,24,29). The average molecular weight is 450 g/mol. The molecule has 9 heteroatoms. The first-order valence-electron chi connectivity index (χ1n) is 10.1. The SMILES string of the molecule is CCc1ccc(NC(=O)CSc2nnc3ccc(-c4ccc(OC)c(OC)c4)nn23)cc1. The van der Waals surface area contributed by atoms with E-state index in [-0.39, 0.29) is 11.7 Å². The maximum atomic E-state index is 12.4. The number of thioether (sulfide) groups is 1. The summed E-state index contributed by atoms with van der Waals surface area (Å²) in [5.74, 6) is 1.34. The second-order valence-electron chi connectivity index (χ2n) is 6.93. The minimum Gasteiger partial charge on any atom is -0.493 e. The van der Waals surface area contributed by atoms with Gasteiger partial charge in [0.1, 0.15) is 0 Å². The molecule has 4 aromatic rings. The second-order valence-corrected chi connectivity index (χ2v) is 7.87. The van der Waals surface area contributed by atoms with E-state index in [1.165, 1.54) is 17.3 Å². The number of nitrogens with one attached hydrogen (secondary N) is 1. The molecule has 2 aromatic heterocycles. The Kier molecular flexibility index (Phi) is 6.55. The number of amides is 1. The number of hydrogen-bond acceptors (Lipinski definition) is 7. The molecule has 2 aromatic carbocycles. The number of fused-ring (bicyclic) bond motifs is 1. The highest BCUT2D eigenvalue weighted by molar-refractivity contribution is 7.99. The number of methoxy groups -OCH3 is 2. The smallest absolute Gasteiger partial charge is 0.234 e.